The zero-order chi connectivity index (χ0) is 14.7. The quantitative estimate of drug-likeness (QED) is 0.841. The van der Waals surface area contributed by atoms with Crippen molar-refractivity contribution >= 4 is 15.9 Å². The highest BCUT2D eigenvalue weighted by Crippen LogP contribution is 2.35. The first kappa shape index (κ1) is 15.1. The second-order valence-corrected chi connectivity index (χ2v) is 6.07. The first-order valence-corrected chi connectivity index (χ1v) is 7.58. The zero-order valence-electron chi connectivity index (χ0n) is 12.1. The number of halogens is 1. The van der Waals surface area contributed by atoms with Gasteiger partial charge in [0.05, 0.1) is 0 Å². The van der Waals surface area contributed by atoms with Crippen LogP contribution in [-0.4, -0.2) is 0 Å². The molecule has 2 N–H and O–H groups in total. The van der Waals surface area contributed by atoms with E-state index in [0.29, 0.717) is 12.5 Å². The Kier molecular flexibility index (Phi) is 4.84. The lowest BCUT2D eigenvalue weighted by Gasteiger charge is -2.17. The number of aryl methyl sites for hydroxylation is 1. The van der Waals surface area contributed by atoms with Crippen LogP contribution in [0.1, 0.15) is 36.5 Å². The van der Waals surface area contributed by atoms with Crippen LogP contribution < -0.4 is 10.5 Å². The molecule has 2 nitrogen and oxygen atoms in total. The predicted octanol–water partition coefficient (Wildman–Crippen LogP) is 5.13. The summed E-state index contributed by atoms with van der Waals surface area (Å²) in [4.78, 5) is 0. The van der Waals surface area contributed by atoms with Gasteiger partial charge >= 0.3 is 0 Å². The van der Waals surface area contributed by atoms with Crippen molar-refractivity contribution in [1.29, 1.82) is 0 Å². The van der Waals surface area contributed by atoms with Crippen molar-refractivity contribution in [1.82, 2.24) is 0 Å². The summed E-state index contributed by atoms with van der Waals surface area (Å²) in [7, 11) is 0. The smallest absolute Gasteiger partial charge is 0.133 e. The second kappa shape index (κ2) is 6.42. The van der Waals surface area contributed by atoms with Crippen molar-refractivity contribution in [3.05, 3.63) is 57.6 Å². The molecule has 0 saturated carbocycles. The molecule has 0 spiro atoms. The topological polar surface area (TPSA) is 35.2 Å². The van der Waals surface area contributed by atoms with Gasteiger partial charge in [-0.1, -0.05) is 48.0 Å². The third kappa shape index (κ3) is 3.22. The summed E-state index contributed by atoms with van der Waals surface area (Å²) in [5, 5.41) is 0. The van der Waals surface area contributed by atoms with Crippen molar-refractivity contribution in [2.24, 2.45) is 5.73 Å². The van der Waals surface area contributed by atoms with Crippen LogP contribution in [0.25, 0.3) is 0 Å². The molecule has 106 valence electrons. The van der Waals surface area contributed by atoms with E-state index in [-0.39, 0.29) is 0 Å². The van der Waals surface area contributed by atoms with Gasteiger partial charge in [-0.25, -0.2) is 0 Å². The maximum atomic E-state index is 6.14. The Labute approximate surface area is 129 Å². The third-order valence-corrected chi connectivity index (χ3v) is 4.03. The summed E-state index contributed by atoms with van der Waals surface area (Å²) < 4.78 is 7.13. The Hall–Kier alpha value is -1.32. The molecule has 0 radical (unpaired) electrons. The second-order valence-electron chi connectivity index (χ2n) is 5.22. The molecule has 0 aliphatic carbocycles. The van der Waals surface area contributed by atoms with Gasteiger partial charge in [-0.2, -0.15) is 0 Å². The van der Waals surface area contributed by atoms with Crippen LogP contribution in [0.15, 0.2) is 40.9 Å². The standard InChI is InChI=1S/C17H20BrNO/c1-11(2)13-8-7-12(3)9-17(13)20-16-6-4-5-15(18)14(16)10-19/h4-9,11H,10,19H2,1-3H3. The van der Waals surface area contributed by atoms with Crippen LogP contribution >= 0.6 is 15.9 Å². The van der Waals surface area contributed by atoms with E-state index in [0.717, 1.165) is 21.5 Å². The van der Waals surface area contributed by atoms with Gasteiger partial charge in [0.15, 0.2) is 0 Å². The van der Waals surface area contributed by atoms with Gasteiger partial charge in [-0.15, -0.1) is 0 Å². The maximum absolute atomic E-state index is 6.14. The lowest BCUT2D eigenvalue weighted by atomic mass is 10.0. The molecule has 0 fully saturated rings. The Balaban J connectivity index is 2.44. The molecule has 20 heavy (non-hydrogen) atoms. The van der Waals surface area contributed by atoms with E-state index < -0.39 is 0 Å². The van der Waals surface area contributed by atoms with E-state index in [9.17, 15) is 0 Å². The highest BCUT2D eigenvalue weighted by molar-refractivity contribution is 9.10. The molecule has 2 rings (SSSR count). The molecule has 0 heterocycles. The summed E-state index contributed by atoms with van der Waals surface area (Å²) in [6.07, 6.45) is 0. The molecule has 0 aromatic heterocycles. The Morgan fingerprint density at radius 2 is 1.90 bits per heavy atom. The number of hydrogen-bond acceptors (Lipinski definition) is 2. The molecule has 0 amide bonds. The highest BCUT2D eigenvalue weighted by atomic mass is 79.9. The van der Waals surface area contributed by atoms with E-state index in [4.69, 9.17) is 10.5 Å². The minimum Gasteiger partial charge on any atom is -0.457 e. The average Bonchev–Trinajstić information content (AvgIpc) is 2.38. The Bertz CT molecular complexity index is 608. The largest absolute Gasteiger partial charge is 0.457 e. The van der Waals surface area contributed by atoms with Crippen LogP contribution in [0.5, 0.6) is 11.5 Å². The van der Waals surface area contributed by atoms with Crippen LogP contribution in [0.3, 0.4) is 0 Å². The molecular weight excluding hydrogens is 314 g/mol. The molecule has 2 aromatic carbocycles. The van der Waals surface area contributed by atoms with Gasteiger partial charge in [0.2, 0.25) is 0 Å². The minimum absolute atomic E-state index is 0.416. The lowest BCUT2D eigenvalue weighted by molar-refractivity contribution is 0.466. The van der Waals surface area contributed by atoms with E-state index in [2.05, 4.69) is 54.9 Å². The molecule has 0 aliphatic heterocycles. The maximum Gasteiger partial charge on any atom is 0.133 e. The number of nitrogens with two attached hydrogens (primary N) is 1. The van der Waals surface area contributed by atoms with E-state index in [1.54, 1.807) is 0 Å². The predicted molar refractivity (Wildman–Crippen MR) is 87.4 cm³/mol. The molecular formula is C17H20BrNO. The van der Waals surface area contributed by atoms with Crippen molar-refractivity contribution in [2.45, 2.75) is 33.2 Å². The zero-order valence-corrected chi connectivity index (χ0v) is 13.7. The highest BCUT2D eigenvalue weighted by Gasteiger charge is 2.12. The molecule has 0 bridgehead atoms. The summed E-state index contributed by atoms with van der Waals surface area (Å²) in [5.41, 5.74) is 9.21. The average molecular weight is 334 g/mol. The summed E-state index contributed by atoms with van der Waals surface area (Å²) in [5.74, 6) is 2.14. The molecule has 0 atom stereocenters. The summed E-state index contributed by atoms with van der Waals surface area (Å²) in [6.45, 7) is 6.85. The van der Waals surface area contributed by atoms with Crippen molar-refractivity contribution in [3.8, 4) is 11.5 Å². The van der Waals surface area contributed by atoms with Gasteiger partial charge in [-0.3, -0.25) is 0 Å². The van der Waals surface area contributed by atoms with Gasteiger partial charge < -0.3 is 10.5 Å². The van der Waals surface area contributed by atoms with Gasteiger partial charge in [0, 0.05) is 16.6 Å². The van der Waals surface area contributed by atoms with Crippen LogP contribution in [0.2, 0.25) is 0 Å². The number of benzene rings is 2. The van der Waals surface area contributed by atoms with Gasteiger partial charge in [0.25, 0.3) is 0 Å². The fourth-order valence-corrected chi connectivity index (χ4v) is 2.67. The fourth-order valence-electron chi connectivity index (χ4n) is 2.16. The molecule has 3 heteroatoms. The molecule has 0 unspecified atom stereocenters. The van der Waals surface area contributed by atoms with Crippen LogP contribution in [0, 0.1) is 6.92 Å². The SMILES string of the molecule is Cc1ccc(C(C)C)c(Oc2cccc(Br)c2CN)c1. The van der Waals surface area contributed by atoms with Crippen molar-refractivity contribution < 1.29 is 4.74 Å². The summed E-state index contributed by atoms with van der Waals surface area (Å²) in [6, 6.07) is 12.2. The lowest BCUT2D eigenvalue weighted by Crippen LogP contribution is -2.02. The van der Waals surface area contributed by atoms with Crippen LogP contribution in [0.4, 0.5) is 0 Å². The third-order valence-electron chi connectivity index (χ3n) is 3.29. The van der Waals surface area contributed by atoms with Gasteiger partial charge in [-0.05, 0) is 42.2 Å². The van der Waals surface area contributed by atoms with Crippen molar-refractivity contribution in [2.75, 3.05) is 0 Å². The molecule has 0 saturated heterocycles. The van der Waals surface area contributed by atoms with E-state index in [1.165, 1.54) is 11.1 Å². The molecule has 2 aromatic rings. The van der Waals surface area contributed by atoms with Crippen LogP contribution in [-0.2, 0) is 6.54 Å². The minimum atomic E-state index is 0.416. The number of rotatable bonds is 4. The van der Waals surface area contributed by atoms with Gasteiger partial charge in [0.1, 0.15) is 11.5 Å². The molecule has 0 aliphatic rings. The first-order chi connectivity index (χ1) is 9.52. The Morgan fingerprint density at radius 1 is 1.15 bits per heavy atom. The monoisotopic (exact) mass is 333 g/mol. The van der Waals surface area contributed by atoms with E-state index in [1.807, 2.05) is 18.2 Å². The number of ether oxygens (including phenoxy) is 1. The van der Waals surface area contributed by atoms with E-state index >= 15 is 0 Å². The summed E-state index contributed by atoms with van der Waals surface area (Å²) >= 11 is 3.52. The van der Waals surface area contributed by atoms with Crippen molar-refractivity contribution in [3.63, 3.8) is 0 Å². The fraction of sp³-hybridized carbons (Fsp3) is 0.294. The first-order valence-electron chi connectivity index (χ1n) is 6.78. The normalized spacial score (nSPS) is 10.9. The number of hydrogen-bond donors (Lipinski definition) is 1. The Morgan fingerprint density at radius 3 is 2.55 bits per heavy atom.